The van der Waals surface area contributed by atoms with E-state index in [0.717, 1.165) is 41.6 Å². The molecule has 0 aromatic heterocycles. The van der Waals surface area contributed by atoms with Crippen molar-refractivity contribution in [2.75, 3.05) is 11.5 Å². The lowest BCUT2D eigenvalue weighted by atomic mass is 9.80. The molecule has 1 unspecified atom stereocenters. The SMILES string of the molecule is C=C/C=C(\C)Oc1ccc2c(c1OC(C)CCC)OC[C@]1(O)Cc3cc(OC(=O)c4ccc(/C=C5\SC(=S)N(c6cccc(C(F)(F)F)c6)C5=O)cc4)c(O)cc3[C@H]21. The third kappa shape index (κ3) is 7.96. The predicted molar refractivity (Wildman–Crippen MR) is 219 cm³/mol. The van der Waals surface area contributed by atoms with Gasteiger partial charge in [0.25, 0.3) is 5.91 Å². The fraction of sp³-hybridized carbons (Fsp3) is 0.250. The number of ether oxygens (including phenoxy) is 4. The van der Waals surface area contributed by atoms with Crippen LogP contribution in [0.4, 0.5) is 18.9 Å². The molecule has 4 aromatic rings. The number of thiocarbonyl (C=S) groups is 1. The van der Waals surface area contributed by atoms with Crippen molar-refractivity contribution in [3.05, 3.63) is 136 Å². The zero-order valence-corrected chi connectivity index (χ0v) is 33.2. The zero-order valence-electron chi connectivity index (χ0n) is 31.6. The third-order valence-corrected chi connectivity index (χ3v) is 11.3. The standard InChI is InChI=1S/C44H38F3NO8S2/c1-5-8-24(3)54-34-17-16-31-37-32-21-33(49)35(19-28(32)22-43(37,52)23-53-38(31)39(34)55-25(4)9-6-2)56-41(51)27-14-12-26(13-15-27)18-36-40(50)48(42(57)58-36)30-11-7-10-29(20-30)44(45,46)47/h5,7-8,10-21,25,37,49,52H,1,6,9,22-23H2,2-4H3/b24-8+,36-18-/t25?,37-,43+/m0/s1. The Kier molecular flexibility index (Phi) is 11.2. The molecular formula is C44H38F3NO8S2. The minimum Gasteiger partial charge on any atom is -0.504 e. The molecule has 1 fully saturated rings. The van der Waals surface area contributed by atoms with Gasteiger partial charge < -0.3 is 29.2 Å². The number of aromatic hydroxyl groups is 1. The smallest absolute Gasteiger partial charge is 0.416 e. The fourth-order valence-electron chi connectivity index (χ4n) is 7.35. The molecule has 1 aliphatic carbocycles. The third-order valence-electron chi connectivity index (χ3n) is 9.96. The highest BCUT2D eigenvalue weighted by atomic mass is 32.2. The van der Waals surface area contributed by atoms with Gasteiger partial charge in [-0.15, -0.1) is 0 Å². The minimum absolute atomic E-state index is 0.00280. The van der Waals surface area contributed by atoms with E-state index in [9.17, 15) is 33.0 Å². The number of hydrogen-bond donors (Lipinski definition) is 2. The first-order valence-electron chi connectivity index (χ1n) is 18.4. The summed E-state index contributed by atoms with van der Waals surface area (Å²) >= 11 is 6.27. The molecular weight excluding hydrogens is 792 g/mol. The number of carbonyl (C=O) groups excluding carboxylic acids is 2. The largest absolute Gasteiger partial charge is 0.504 e. The van der Waals surface area contributed by atoms with Crippen LogP contribution in [0.25, 0.3) is 6.08 Å². The van der Waals surface area contributed by atoms with Crippen LogP contribution in [-0.2, 0) is 17.4 Å². The number of nitrogens with zero attached hydrogens (tertiary/aromatic N) is 1. The number of fused-ring (bicyclic) bond motifs is 5. The number of aliphatic hydroxyl groups is 1. The number of esters is 1. The molecule has 58 heavy (non-hydrogen) atoms. The summed E-state index contributed by atoms with van der Waals surface area (Å²) in [5.74, 6) is -0.441. The van der Waals surface area contributed by atoms with Gasteiger partial charge >= 0.3 is 12.1 Å². The molecule has 3 aliphatic rings. The number of rotatable bonds is 11. The summed E-state index contributed by atoms with van der Waals surface area (Å²) in [7, 11) is 0. The molecule has 1 amide bonds. The van der Waals surface area contributed by atoms with Crippen LogP contribution in [0.5, 0.6) is 28.7 Å². The van der Waals surface area contributed by atoms with Crippen LogP contribution in [0.2, 0.25) is 0 Å². The first kappa shape index (κ1) is 40.6. The lowest BCUT2D eigenvalue weighted by molar-refractivity contribution is -0.137. The number of phenolic OH excluding ortho intramolecular Hbond substituents is 1. The maximum Gasteiger partial charge on any atom is 0.416 e. The average Bonchev–Trinajstić information content (AvgIpc) is 3.62. The van der Waals surface area contributed by atoms with E-state index >= 15 is 0 Å². The summed E-state index contributed by atoms with van der Waals surface area (Å²) in [5, 5.41) is 23.1. The fourth-order valence-corrected chi connectivity index (χ4v) is 8.64. The van der Waals surface area contributed by atoms with E-state index < -0.39 is 35.1 Å². The monoisotopic (exact) mass is 829 g/mol. The molecule has 0 bridgehead atoms. The maximum absolute atomic E-state index is 13.3. The lowest BCUT2D eigenvalue weighted by Gasteiger charge is -2.37. The van der Waals surface area contributed by atoms with E-state index in [1.54, 1.807) is 43.3 Å². The molecule has 9 nitrogen and oxygen atoms in total. The summed E-state index contributed by atoms with van der Waals surface area (Å²) < 4.78 is 64.4. The Hall–Kier alpha value is -5.57. The van der Waals surface area contributed by atoms with Gasteiger partial charge in [-0.1, -0.05) is 74.2 Å². The Morgan fingerprint density at radius 3 is 2.57 bits per heavy atom. The van der Waals surface area contributed by atoms with Crippen molar-refractivity contribution >= 4 is 51.9 Å². The van der Waals surface area contributed by atoms with E-state index in [-0.39, 0.29) is 51.1 Å². The van der Waals surface area contributed by atoms with Gasteiger partial charge in [-0.2, -0.15) is 13.2 Å². The van der Waals surface area contributed by atoms with Crippen molar-refractivity contribution in [1.29, 1.82) is 0 Å². The minimum atomic E-state index is -4.59. The zero-order chi connectivity index (χ0) is 41.5. The van der Waals surface area contributed by atoms with E-state index in [4.69, 9.17) is 31.2 Å². The average molecular weight is 830 g/mol. The molecule has 2 N–H and O–H groups in total. The van der Waals surface area contributed by atoms with Crippen molar-refractivity contribution in [2.24, 2.45) is 0 Å². The van der Waals surface area contributed by atoms with Crippen molar-refractivity contribution in [3.8, 4) is 28.7 Å². The molecule has 0 radical (unpaired) electrons. The van der Waals surface area contributed by atoms with Crippen LogP contribution in [0, 0.1) is 0 Å². The molecule has 300 valence electrons. The van der Waals surface area contributed by atoms with Crippen molar-refractivity contribution < 1.29 is 51.9 Å². The summed E-state index contributed by atoms with van der Waals surface area (Å²) in [4.78, 5) is 27.7. The highest BCUT2D eigenvalue weighted by Gasteiger charge is 2.51. The molecule has 2 heterocycles. The molecule has 0 saturated carbocycles. The molecule has 3 atom stereocenters. The van der Waals surface area contributed by atoms with Crippen LogP contribution in [0.15, 0.2) is 102 Å². The highest BCUT2D eigenvalue weighted by molar-refractivity contribution is 8.27. The van der Waals surface area contributed by atoms with E-state index in [1.807, 2.05) is 13.0 Å². The Labute approximate surface area is 342 Å². The number of allylic oxidation sites excluding steroid dienone is 3. The molecule has 4 aromatic carbocycles. The number of hydrogen-bond acceptors (Lipinski definition) is 10. The van der Waals surface area contributed by atoms with Gasteiger partial charge in [0, 0.05) is 17.9 Å². The highest BCUT2D eigenvalue weighted by Crippen LogP contribution is 2.56. The first-order chi connectivity index (χ1) is 27.6. The summed E-state index contributed by atoms with van der Waals surface area (Å²) in [5.41, 5.74) is 0.369. The van der Waals surface area contributed by atoms with Gasteiger partial charge in [0.15, 0.2) is 27.3 Å². The molecule has 1 saturated heterocycles. The van der Waals surface area contributed by atoms with Gasteiger partial charge in [0.2, 0.25) is 5.75 Å². The Morgan fingerprint density at radius 2 is 1.86 bits per heavy atom. The van der Waals surface area contributed by atoms with Crippen LogP contribution in [0.1, 0.15) is 77.7 Å². The van der Waals surface area contributed by atoms with E-state index in [0.29, 0.717) is 45.3 Å². The van der Waals surface area contributed by atoms with Gasteiger partial charge in [0.05, 0.1) is 27.8 Å². The number of amides is 1. The maximum atomic E-state index is 13.3. The normalized spacial score (nSPS) is 19.9. The van der Waals surface area contributed by atoms with Crippen LogP contribution >= 0.6 is 24.0 Å². The number of phenols is 1. The van der Waals surface area contributed by atoms with Gasteiger partial charge in [-0.05, 0) is 97.6 Å². The van der Waals surface area contributed by atoms with Crippen molar-refractivity contribution in [3.63, 3.8) is 0 Å². The molecule has 7 rings (SSSR count). The predicted octanol–water partition coefficient (Wildman–Crippen LogP) is 9.88. The lowest BCUT2D eigenvalue weighted by Crippen LogP contribution is -2.44. The van der Waals surface area contributed by atoms with Crippen molar-refractivity contribution in [2.45, 2.75) is 63.8 Å². The second kappa shape index (κ2) is 16.0. The Bertz CT molecular complexity index is 2390. The van der Waals surface area contributed by atoms with E-state index in [2.05, 4.69) is 13.5 Å². The second-order valence-electron chi connectivity index (χ2n) is 14.2. The van der Waals surface area contributed by atoms with Crippen LogP contribution in [-0.4, -0.2) is 44.7 Å². The molecule has 2 aliphatic heterocycles. The topological polar surface area (TPSA) is 115 Å². The molecule has 0 spiro atoms. The summed E-state index contributed by atoms with van der Waals surface area (Å²) in [6.07, 6.45) is 1.99. The summed E-state index contributed by atoms with van der Waals surface area (Å²) in [6.45, 7) is 9.49. The number of halogens is 3. The first-order valence-corrected chi connectivity index (χ1v) is 19.6. The number of alkyl halides is 3. The number of benzene rings is 4. The van der Waals surface area contributed by atoms with E-state index in [1.165, 1.54) is 36.4 Å². The number of anilines is 1. The molecule has 14 heteroatoms. The van der Waals surface area contributed by atoms with Gasteiger partial charge in [-0.3, -0.25) is 9.69 Å². The number of carbonyl (C=O) groups is 2. The summed E-state index contributed by atoms with van der Waals surface area (Å²) in [6, 6.07) is 17.1. The van der Waals surface area contributed by atoms with Gasteiger partial charge in [-0.25, -0.2) is 4.79 Å². The quantitative estimate of drug-likeness (QED) is 0.0378. The Morgan fingerprint density at radius 1 is 1.10 bits per heavy atom. The van der Waals surface area contributed by atoms with Crippen LogP contribution < -0.4 is 23.8 Å². The van der Waals surface area contributed by atoms with Crippen LogP contribution in [0.3, 0.4) is 0 Å². The van der Waals surface area contributed by atoms with Gasteiger partial charge in [0.1, 0.15) is 18.0 Å². The van der Waals surface area contributed by atoms with Crippen molar-refractivity contribution in [1.82, 2.24) is 0 Å². The second-order valence-corrected chi connectivity index (χ2v) is 15.9. The Balaban J connectivity index is 1.10. The number of thioether (sulfide) groups is 1.